The maximum Gasteiger partial charge on any atom is 0.236 e. The summed E-state index contributed by atoms with van der Waals surface area (Å²) in [6.45, 7) is 6.78. The molecule has 0 radical (unpaired) electrons. The summed E-state index contributed by atoms with van der Waals surface area (Å²) in [7, 11) is 0. The van der Waals surface area contributed by atoms with Gasteiger partial charge in [-0.25, -0.2) is 4.98 Å². The van der Waals surface area contributed by atoms with Crippen molar-refractivity contribution in [3.63, 3.8) is 0 Å². The van der Waals surface area contributed by atoms with Crippen LogP contribution in [0.25, 0.3) is 21.9 Å². The van der Waals surface area contributed by atoms with Crippen LogP contribution in [0.4, 0.5) is 0 Å². The van der Waals surface area contributed by atoms with E-state index in [1.54, 1.807) is 11.1 Å². The monoisotopic (exact) mass is 530 g/mol. The zero-order chi connectivity index (χ0) is 27.4. The van der Waals surface area contributed by atoms with Gasteiger partial charge < -0.3 is 19.7 Å². The van der Waals surface area contributed by atoms with Crippen molar-refractivity contribution in [1.82, 2.24) is 25.0 Å². The highest BCUT2D eigenvalue weighted by atomic mass is 16.5. The predicted octanol–water partition coefficient (Wildman–Crippen LogP) is 3.91. The molecule has 39 heavy (non-hydrogen) atoms. The summed E-state index contributed by atoms with van der Waals surface area (Å²) >= 11 is 0. The Bertz CT molecular complexity index is 1390. The Morgan fingerprint density at radius 1 is 1.23 bits per heavy atom. The summed E-state index contributed by atoms with van der Waals surface area (Å²) in [6.07, 6.45) is 9.54. The normalized spacial score (nSPS) is 18.2. The third-order valence-corrected chi connectivity index (χ3v) is 7.31. The number of nitrogens with zero attached hydrogens (tertiary/aromatic N) is 5. The number of carbonyl (C=O) groups is 2. The van der Waals surface area contributed by atoms with E-state index < -0.39 is 0 Å². The fraction of sp³-hybridized carbons (Fsp3) is 0.483. The van der Waals surface area contributed by atoms with Gasteiger partial charge in [0.15, 0.2) is 6.29 Å². The van der Waals surface area contributed by atoms with Crippen LogP contribution >= 0.6 is 0 Å². The standard InChI is InChI=1S/C29H34N6O4/c1-19(2)38-27-13-25-24(12-20(27)18-36)26(21-14-33-35(16-21)22-6-9-31-10-7-22)15-32-29(25)39-23-4-3-11-34(17-23)28(37)5-8-30/h12-16,18-19,22-23,31H,3-7,9-11,17H2,1-2H3. The van der Waals surface area contributed by atoms with Gasteiger partial charge >= 0.3 is 0 Å². The van der Waals surface area contributed by atoms with Crippen LogP contribution in [0, 0.1) is 11.3 Å². The predicted molar refractivity (Wildman–Crippen MR) is 146 cm³/mol. The zero-order valence-corrected chi connectivity index (χ0v) is 22.4. The molecule has 2 fully saturated rings. The van der Waals surface area contributed by atoms with Crippen LogP contribution in [-0.2, 0) is 4.79 Å². The second-order valence-corrected chi connectivity index (χ2v) is 10.4. The summed E-state index contributed by atoms with van der Waals surface area (Å²) in [5, 5.41) is 18.5. The van der Waals surface area contributed by atoms with E-state index in [0.717, 1.165) is 67.0 Å². The highest BCUT2D eigenvalue weighted by molar-refractivity contribution is 6.02. The molecule has 2 aliphatic heterocycles. The molecule has 10 nitrogen and oxygen atoms in total. The second-order valence-electron chi connectivity index (χ2n) is 10.4. The molecular formula is C29H34N6O4. The fourth-order valence-electron chi connectivity index (χ4n) is 5.38. The van der Waals surface area contributed by atoms with Crippen LogP contribution in [0.15, 0.2) is 30.7 Å². The number of piperidine rings is 2. The number of nitrogens with one attached hydrogen (secondary N) is 1. The van der Waals surface area contributed by atoms with Gasteiger partial charge in [-0.3, -0.25) is 14.3 Å². The molecule has 0 spiro atoms. The summed E-state index contributed by atoms with van der Waals surface area (Å²) < 4.78 is 14.4. The Hall–Kier alpha value is -3.97. The number of hydrogen-bond donors (Lipinski definition) is 1. The number of nitriles is 1. The smallest absolute Gasteiger partial charge is 0.236 e. The summed E-state index contributed by atoms with van der Waals surface area (Å²) in [5.74, 6) is 0.703. The molecule has 1 atom stereocenters. The van der Waals surface area contributed by atoms with Gasteiger partial charge in [0.25, 0.3) is 0 Å². The molecule has 1 N–H and O–H groups in total. The molecule has 1 unspecified atom stereocenters. The van der Waals surface area contributed by atoms with E-state index in [9.17, 15) is 9.59 Å². The van der Waals surface area contributed by atoms with E-state index in [2.05, 4.69) is 10.4 Å². The molecule has 0 saturated carbocycles. The molecule has 3 aromatic rings. The molecule has 1 amide bonds. The fourth-order valence-corrected chi connectivity index (χ4v) is 5.38. The van der Waals surface area contributed by atoms with E-state index in [1.165, 1.54) is 0 Å². The van der Waals surface area contributed by atoms with Gasteiger partial charge in [-0.05, 0) is 70.1 Å². The number of aromatic nitrogens is 3. The van der Waals surface area contributed by atoms with Crippen molar-refractivity contribution in [2.75, 3.05) is 26.2 Å². The molecule has 5 rings (SSSR count). The number of amides is 1. The lowest BCUT2D eigenvalue weighted by Gasteiger charge is -2.32. The van der Waals surface area contributed by atoms with Gasteiger partial charge in [0.1, 0.15) is 18.3 Å². The molecule has 2 aliphatic rings. The molecule has 1 aromatic carbocycles. The number of aldehydes is 1. The number of pyridine rings is 1. The Labute approximate surface area is 227 Å². The molecule has 0 aliphatic carbocycles. The van der Waals surface area contributed by atoms with E-state index >= 15 is 0 Å². The number of likely N-dealkylation sites (tertiary alicyclic amines) is 1. The molecular weight excluding hydrogens is 496 g/mol. The molecule has 10 heteroatoms. The van der Waals surface area contributed by atoms with Crippen LogP contribution < -0.4 is 14.8 Å². The summed E-state index contributed by atoms with van der Waals surface area (Å²) in [5.41, 5.74) is 2.22. The lowest BCUT2D eigenvalue weighted by molar-refractivity contribution is -0.132. The first-order valence-electron chi connectivity index (χ1n) is 13.6. The van der Waals surface area contributed by atoms with Gasteiger partial charge in [0.2, 0.25) is 11.8 Å². The van der Waals surface area contributed by atoms with Crippen LogP contribution in [0.2, 0.25) is 0 Å². The average Bonchev–Trinajstić information content (AvgIpc) is 3.44. The van der Waals surface area contributed by atoms with Gasteiger partial charge in [-0.2, -0.15) is 10.4 Å². The highest BCUT2D eigenvalue weighted by Gasteiger charge is 2.26. The molecule has 2 aromatic heterocycles. The lowest BCUT2D eigenvalue weighted by atomic mass is 10.00. The maximum absolute atomic E-state index is 12.3. The van der Waals surface area contributed by atoms with Crippen molar-refractivity contribution in [3.05, 3.63) is 36.3 Å². The van der Waals surface area contributed by atoms with Crippen LogP contribution in [0.1, 0.15) is 62.4 Å². The first-order chi connectivity index (χ1) is 19.0. The van der Waals surface area contributed by atoms with Crippen molar-refractivity contribution in [3.8, 4) is 28.8 Å². The van der Waals surface area contributed by atoms with Gasteiger partial charge in [-0.15, -0.1) is 0 Å². The first kappa shape index (κ1) is 26.6. The van der Waals surface area contributed by atoms with Crippen molar-refractivity contribution >= 4 is 23.0 Å². The van der Waals surface area contributed by atoms with Crippen molar-refractivity contribution in [1.29, 1.82) is 5.26 Å². The van der Waals surface area contributed by atoms with Crippen molar-refractivity contribution < 1.29 is 19.1 Å². The highest BCUT2D eigenvalue weighted by Crippen LogP contribution is 2.38. The third-order valence-electron chi connectivity index (χ3n) is 7.31. The zero-order valence-electron chi connectivity index (χ0n) is 22.4. The second kappa shape index (κ2) is 11.8. The number of benzene rings is 1. The Morgan fingerprint density at radius 2 is 2.05 bits per heavy atom. The molecule has 2 saturated heterocycles. The van der Waals surface area contributed by atoms with E-state index in [0.29, 0.717) is 36.3 Å². The van der Waals surface area contributed by atoms with Crippen LogP contribution in [-0.4, -0.2) is 70.2 Å². The molecule has 0 bridgehead atoms. The number of carbonyl (C=O) groups excluding carboxylic acids is 2. The van der Waals surface area contributed by atoms with Crippen LogP contribution in [0.3, 0.4) is 0 Å². The molecule has 4 heterocycles. The Balaban J connectivity index is 1.53. The summed E-state index contributed by atoms with van der Waals surface area (Å²) in [6, 6.07) is 5.93. The lowest BCUT2D eigenvalue weighted by Crippen LogP contribution is -2.44. The minimum Gasteiger partial charge on any atom is -0.490 e. The number of fused-ring (bicyclic) bond motifs is 1. The minimum atomic E-state index is -0.259. The van der Waals surface area contributed by atoms with Gasteiger partial charge in [-0.1, -0.05) is 0 Å². The van der Waals surface area contributed by atoms with Crippen molar-refractivity contribution in [2.45, 2.75) is 64.2 Å². The topological polar surface area (TPSA) is 122 Å². The maximum atomic E-state index is 12.3. The number of ether oxygens (including phenoxy) is 2. The van der Waals surface area contributed by atoms with E-state index in [-0.39, 0.29) is 24.5 Å². The Morgan fingerprint density at radius 3 is 2.79 bits per heavy atom. The van der Waals surface area contributed by atoms with Crippen LogP contribution in [0.5, 0.6) is 11.6 Å². The minimum absolute atomic E-state index is 0.122. The van der Waals surface area contributed by atoms with E-state index in [1.807, 2.05) is 49.1 Å². The Kier molecular flexibility index (Phi) is 8.07. The average molecular weight is 531 g/mol. The van der Waals surface area contributed by atoms with Gasteiger partial charge in [0.05, 0.1) is 36.5 Å². The number of hydrogen-bond acceptors (Lipinski definition) is 8. The molecule has 204 valence electrons. The van der Waals surface area contributed by atoms with Gasteiger partial charge in [0, 0.05) is 35.5 Å². The number of rotatable bonds is 8. The third kappa shape index (κ3) is 5.88. The largest absolute Gasteiger partial charge is 0.490 e. The first-order valence-corrected chi connectivity index (χ1v) is 13.6. The quantitative estimate of drug-likeness (QED) is 0.435. The SMILES string of the molecule is CC(C)Oc1cc2c(OC3CCCN(C(=O)CC#N)C3)ncc(-c3cnn(C4CCNCC4)c3)c2cc1C=O. The van der Waals surface area contributed by atoms with E-state index in [4.69, 9.17) is 19.7 Å². The van der Waals surface area contributed by atoms with Crippen molar-refractivity contribution in [2.24, 2.45) is 0 Å². The summed E-state index contributed by atoms with van der Waals surface area (Å²) in [4.78, 5) is 30.8.